The number of benzene rings is 1. The average molecular weight is 423 g/mol. The number of thioether (sulfide) groups is 1. The number of nitrogens with zero attached hydrogens (tertiary/aromatic N) is 4. The van der Waals surface area contributed by atoms with E-state index in [0.717, 1.165) is 28.1 Å². The molecule has 4 rings (SSSR count). The Labute approximate surface area is 178 Å². The van der Waals surface area contributed by atoms with Crippen molar-refractivity contribution in [2.45, 2.75) is 31.7 Å². The molecule has 3 aromatic heterocycles. The lowest BCUT2D eigenvalue weighted by atomic mass is 10.2. The van der Waals surface area contributed by atoms with Gasteiger partial charge in [0.1, 0.15) is 17.3 Å². The Morgan fingerprint density at radius 3 is 2.23 bits per heavy atom. The van der Waals surface area contributed by atoms with Crippen LogP contribution >= 0.6 is 11.8 Å². The number of rotatable bonds is 9. The van der Waals surface area contributed by atoms with Crippen LogP contribution in [0.4, 0.5) is 0 Å². The quantitative estimate of drug-likeness (QED) is 0.377. The number of aryl methyl sites for hydroxylation is 1. The zero-order valence-electron chi connectivity index (χ0n) is 16.6. The monoisotopic (exact) mass is 422 g/mol. The van der Waals surface area contributed by atoms with E-state index in [9.17, 15) is 4.79 Å². The van der Waals surface area contributed by atoms with E-state index < -0.39 is 0 Å². The van der Waals surface area contributed by atoms with Gasteiger partial charge < -0.3 is 18.3 Å². The summed E-state index contributed by atoms with van der Waals surface area (Å²) in [6.45, 7) is 3.34. The Morgan fingerprint density at radius 2 is 1.63 bits per heavy atom. The fraction of sp³-hybridized carbons (Fsp3) is 0.227. The Morgan fingerprint density at radius 1 is 0.967 bits per heavy atom. The highest BCUT2D eigenvalue weighted by Gasteiger charge is 2.19. The van der Waals surface area contributed by atoms with Crippen molar-refractivity contribution in [1.82, 2.24) is 19.7 Å². The fourth-order valence-electron chi connectivity index (χ4n) is 3.05. The number of furan rings is 2. The first-order valence-corrected chi connectivity index (χ1v) is 10.6. The van der Waals surface area contributed by atoms with E-state index in [1.807, 2.05) is 54.0 Å². The minimum atomic E-state index is -0.0280. The first-order valence-electron chi connectivity index (χ1n) is 9.58. The number of aromatic nitrogens is 3. The van der Waals surface area contributed by atoms with E-state index >= 15 is 0 Å². The summed E-state index contributed by atoms with van der Waals surface area (Å²) in [6, 6.07) is 17.5. The van der Waals surface area contributed by atoms with Crippen LogP contribution in [-0.2, 0) is 24.4 Å². The molecule has 0 bridgehead atoms. The van der Waals surface area contributed by atoms with Crippen molar-refractivity contribution in [1.29, 1.82) is 0 Å². The Kier molecular flexibility index (Phi) is 6.34. The zero-order chi connectivity index (χ0) is 20.8. The van der Waals surface area contributed by atoms with Crippen molar-refractivity contribution >= 4 is 17.7 Å². The van der Waals surface area contributed by atoms with Crippen molar-refractivity contribution in [3.63, 3.8) is 0 Å². The van der Waals surface area contributed by atoms with Gasteiger partial charge in [-0.15, -0.1) is 10.2 Å². The molecule has 0 saturated heterocycles. The van der Waals surface area contributed by atoms with E-state index in [4.69, 9.17) is 8.83 Å². The molecule has 3 heterocycles. The minimum Gasteiger partial charge on any atom is -0.467 e. The highest BCUT2D eigenvalue weighted by atomic mass is 32.2. The molecule has 0 unspecified atom stereocenters. The first kappa shape index (κ1) is 20.0. The molecule has 0 fully saturated rings. The van der Waals surface area contributed by atoms with Gasteiger partial charge in [0.05, 0.1) is 37.9 Å². The number of hydrogen-bond donors (Lipinski definition) is 0. The van der Waals surface area contributed by atoms with Gasteiger partial charge in [0, 0.05) is 0 Å². The van der Waals surface area contributed by atoms with Crippen LogP contribution in [0.3, 0.4) is 0 Å². The highest BCUT2D eigenvalue weighted by Crippen LogP contribution is 2.20. The van der Waals surface area contributed by atoms with Gasteiger partial charge in [0.2, 0.25) is 5.91 Å². The lowest BCUT2D eigenvalue weighted by Gasteiger charge is -2.20. The van der Waals surface area contributed by atoms with Crippen LogP contribution in [0.1, 0.15) is 22.9 Å². The van der Waals surface area contributed by atoms with E-state index in [0.29, 0.717) is 19.6 Å². The van der Waals surface area contributed by atoms with E-state index in [1.54, 1.807) is 17.4 Å². The number of amides is 1. The molecule has 0 spiro atoms. The number of carbonyl (C=O) groups excluding carboxylic acids is 1. The van der Waals surface area contributed by atoms with Gasteiger partial charge in [-0.05, 0) is 36.8 Å². The van der Waals surface area contributed by atoms with Crippen molar-refractivity contribution in [3.05, 3.63) is 90.0 Å². The second-order valence-electron chi connectivity index (χ2n) is 6.80. The fourth-order valence-corrected chi connectivity index (χ4v) is 3.93. The SMILES string of the molecule is Cc1nnc(SCC(=O)N(Cc2ccco2)Cc2ccco2)n1Cc1ccccc1. The molecule has 0 saturated carbocycles. The summed E-state index contributed by atoms with van der Waals surface area (Å²) in [5, 5.41) is 9.18. The summed E-state index contributed by atoms with van der Waals surface area (Å²) >= 11 is 1.39. The van der Waals surface area contributed by atoms with Gasteiger partial charge >= 0.3 is 0 Å². The second kappa shape index (κ2) is 9.49. The lowest BCUT2D eigenvalue weighted by Crippen LogP contribution is -2.31. The van der Waals surface area contributed by atoms with Gasteiger partial charge in [-0.25, -0.2) is 0 Å². The van der Waals surface area contributed by atoms with Gasteiger partial charge in [-0.3, -0.25) is 4.79 Å². The molecule has 154 valence electrons. The summed E-state index contributed by atoms with van der Waals surface area (Å²) in [7, 11) is 0. The lowest BCUT2D eigenvalue weighted by molar-refractivity contribution is -0.130. The van der Waals surface area contributed by atoms with Gasteiger partial charge in [0.25, 0.3) is 0 Å². The third kappa shape index (κ3) is 5.01. The summed E-state index contributed by atoms with van der Waals surface area (Å²) in [4.78, 5) is 14.7. The summed E-state index contributed by atoms with van der Waals surface area (Å²) in [6.07, 6.45) is 3.21. The van der Waals surface area contributed by atoms with Crippen LogP contribution in [0.25, 0.3) is 0 Å². The summed E-state index contributed by atoms with van der Waals surface area (Å²) in [5.41, 5.74) is 1.16. The maximum atomic E-state index is 13.0. The van der Waals surface area contributed by atoms with Crippen molar-refractivity contribution < 1.29 is 13.6 Å². The van der Waals surface area contributed by atoms with Gasteiger partial charge in [-0.2, -0.15) is 0 Å². The molecule has 0 radical (unpaired) electrons. The molecule has 7 nitrogen and oxygen atoms in total. The van der Waals surface area contributed by atoms with Crippen molar-refractivity contribution in [3.8, 4) is 0 Å². The molecule has 0 N–H and O–H groups in total. The van der Waals surface area contributed by atoms with E-state index in [1.165, 1.54) is 11.8 Å². The molecule has 0 atom stereocenters. The highest BCUT2D eigenvalue weighted by molar-refractivity contribution is 7.99. The number of hydrogen-bond acceptors (Lipinski definition) is 6. The summed E-state index contributed by atoms with van der Waals surface area (Å²) < 4.78 is 12.9. The third-order valence-corrected chi connectivity index (χ3v) is 5.57. The molecule has 0 aliphatic carbocycles. The van der Waals surface area contributed by atoms with Crippen LogP contribution in [0.15, 0.2) is 81.1 Å². The molecule has 0 aliphatic rings. The molecule has 1 amide bonds. The standard InChI is InChI=1S/C22H22N4O3S/c1-17-23-24-22(26(17)13-18-7-3-2-4-8-18)30-16-21(27)25(14-19-9-5-11-28-19)15-20-10-6-12-29-20/h2-12H,13-16H2,1H3. The average Bonchev–Trinajstić information content (AvgIpc) is 3.52. The van der Waals surface area contributed by atoms with Crippen molar-refractivity contribution in [2.24, 2.45) is 0 Å². The molecular formula is C22H22N4O3S. The molecule has 30 heavy (non-hydrogen) atoms. The van der Waals surface area contributed by atoms with Crippen LogP contribution in [0, 0.1) is 6.92 Å². The van der Waals surface area contributed by atoms with Crippen LogP contribution in [-0.4, -0.2) is 31.3 Å². The topological polar surface area (TPSA) is 77.3 Å². The maximum Gasteiger partial charge on any atom is 0.233 e. The van der Waals surface area contributed by atoms with Crippen LogP contribution in [0.2, 0.25) is 0 Å². The third-order valence-electron chi connectivity index (χ3n) is 4.62. The molecule has 8 heteroatoms. The van der Waals surface area contributed by atoms with Gasteiger partial charge in [-0.1, -0.05) is 42.1 Å². The Hall–Kier alpha value is -3.26. The Balaban J connectivity index is 1.44. The van der Waals surface area contributed by atoms with E-state index in [-0.39, 0.29) is 11.7 Å². The Bertz CT molecular complexity index is 1020. The minimum absolute atomic E-state index is 0.0280. The molecule has 1 aromatic carbocycles. The predicted molar refractivity (Wildman–Crippen MR) is 113 cm³/mol. The molecular weight excluding hydrogens is 400 g/mol. The van der Waals surface area contributed by atoms with Crippen LogP contribution in [0.5, 0.6) is 0 Å². The van der Waals surface area contributed by atoms with Gasteiger partial charge in [0.15, 0.2) is 5.16 Å². The van der Waals surface area contributed by atoms with Crippen molar-refractivity contribution in [2.75, 3.05) is 5.75 Å². The zero-order valence-corrected chi connectivity index (χ0v) is 17.4. The van der Waals surface area contributed by atoms with Crippen LogP contribution < -0.4 is 0 Å². The molecule has 4 aromatic rings. The first-order chi connectivity index (χ1) is 14.7. The second-order valence-corrected chi connectivity index (χ2v) is 7.74. The smallest absolute Gasteiger partial charge is 0.233 e. The molecule has 0 aliphatic heterocycles. The largest absolute Gasteiger partial charge is 0.467 e. The number of carbonyl (C=O) groups is 1. The normalized spacial score (nSPS) is 11.0. The maximum absolute atomic E-state index is 13.0. The van der Waals surface area contributed by atoms with E-state index in [2.05, 4.69) is 22.3 Å². The predicted octanol–water partition coefficient (Wildman–Crippen LogP) is 4.14. The summed E-state index contributed by atoms with van der Waals surface area (Å²) in [5.74, 6) is 2.48.